The van der Waals surface area contributed by atoms with Gasteiger partial charge in [0.25, 0.3) is 0 Å². The molecule has 0 saturated carbocycles. The van der Waals surface area contributed by atoms with Gasteiger partial charge in [0.05, 0.1) is 0 Å². The number of aliphatic imine (C=N–C) groups is 1. The molecule has 0 aromatic heterocycles. The lowest BCUT2D eigenvalue weighted by atomic mass is 9.71. The van der Waals surface area contributed by atoms with Crippen molar-refractivity contribution in [2.45, 2.75) is 102 Å². The number of Topliss-reactive ketones (excluding diaryl/α,β-unsaturated/α-hetero) is 1. The van der Waals surface area contributed by atoms with Crippen molar-refractivity contribution in [2.24, 2.45) is 33.6 Å². The van der Waals surface area contributed by atoms with E-state index in [9.17, 15) is 4.79 Å². The molecule has 32 heavy (non-hydrogen) atoms. The van der Waals surface area contributed by atoms with Crippen LogP contribution in [-0.2, 0) is 4.79 Å². The van der Waals surface area contributed by atoms with Gasteiger partial charge in [-0.2, -0.15) is 0 Å². The summed E-state index contributed by atoms with van der Waals surface area (Å²) in [6, 6.07) is 0. The maximum Gasteiger partial charge on any atom is 0.137 e. The summed E-state index contributed by atoms with van der Waals surface area (Å²) in [5.41, 5.74) is 3.10. The van der Waals surface area contributed by atoms with Gasteiger partial charge in [0.1, 0.15) is 11.9 Å². The van der Waals surface area contributed by atoms with Crippen molar-refractivity contribution in [2.75, 3.05) is 6.54 Å². The normalized spacial score (nSPS) is 20.8. The lowest BCUT2D eigenvalue weighted by Gasteiger charge is -2.42. The van der Waals surface area contributed by atoms with Crippen LogP contribution in [0.4, 0.5) is 0 Å². The Kier molecular flexibility index (Phi) is 10.6. The van der Waals surface area contributed by atoms with Gasteiger partial charge in [-0.1, -0.05) is 80.5 Å². The molecule has 3 heteroatoms. The highest BCUT2D eigenvalue weighted by Crippen LogP contribution is 2.42. The fourth-order valence-corrected chi connectivity index (χ4v) is 4.03. The summed E-state index contributed by atoms with van der Waals surface area (Å²) in [5.74, 6) is 0.986. The molecule has 0 radical (unpaired) electrons. The lowest BCUT2D eigenvalue weighted by molar-refractivity contribution is -0.118. The average Bonchev–Trinajstić information content (AvgIpc) is 2.70. The van der Waals surface area contributed by atoms with Gasteiger partial charge in [-0.15, -0.1) is 0 Å². The number of nitrogens with zero attached hydrogens (tertiary/aromatic N) is 2. The second-order valence-corrected chi connectivity index (χ2v) is 11.6. The number of hydrogen-bond acceptors (Lipinski definition) is 3. The Balaban J connectivity index is 3.50. The molecule has 0 amide bonds. The van der Waals surface area contributed by atoms with Crippen LogP contribution in [0, 0.1) is 28.6 Å². The predicted octanol–water partition coefficient (Wildman–Crippen LogP) is 7.85. The van der Waals surface area contributed by atoms with Crippen LogP contribution in [0.15, 0.2) is 40.6 Å². The van der Waals surface area contributed by atoms with Crippen molar-refractivity contribution >= 4 is 12.0 Å². The zero-order valence-corrected chi connectivity index (χ0v) is 22.8. The number of ketones is 1. The van der Waals surface area contributed by atoms with E-state index in [2.05, 4.69) is 91.5 Å². The van der Waals surface area contributed by atoms with E-state index in [4.69, 9.17) is 4.99 Å². The molecule has 0 aromatic carbocycles. The monoisotopic (exact) mass is 442 g/mol. The van der Waals surface area contributed by atoms with E-state index in [0.717, 1.165) is 25.8 Å². The van der Waals surface area contributed by atoms with Crippen molar-refractivity contribution in [3.05, 3.63) is 35.6 Å². The van der Waals surface area contributed by atoms with E-state index < -0.39 is 0 Å². The summed E-state index contributed by atoms with van der Waals surface area (Å²) in [6.07, 6.45) is 14.4. The van der Waals surface area contributed by atoms with Crippen molar-refractivity contribution in [3.8, 4) is 0 Å². The summed E-state index contributed by atoms with van der Waals surface area (Å²) in [5, 5.41) is 0. The van der Waals surface area contributed by atoms with E-state index >= 15 is 0 Å². The molecule has 3 nitrogen and oxygen atoms in total. The van der Waals surface area contributed by atoms with Gasteiger partial charge in [0, 0.05) is 24.4 Å². The molecule has 4 unspecified atom stereocenters. The third-order valence-electron chi connectivity index (χ3n) is 6.75. The minimum Gasteiger partial charge on any atom is -0.353 e. The Morgan fingerprint density at radius 3 is 2.25 bits per heavy atom. The minimum absolute atomic E-state index is 0.0438. The maximum absolute atomic E-state index is 11.8. The predicted molar refractivity (Wildman–Crippen MR) is 141 cm³/mol. The molecule has 4 atom stereocenters. The number of carbonyl (C=O) groups excluding carboxylic acids is 1. The fraction of sp³-hybridized carbons (Fsp3) is 0.724. The van der Waals surface area contributed by atoms with Gasteiger partial charge in [0.15, 0.2) is 0 Å². The van der Waals surface area contributed by atoms with Gasteiger partial charge < -0.3 is 4.90 Å². The molecule has 1 aliphatic carbocycles. The number of hydrogen-bond donors (Lipinski definition) is 0. The van der Waals surface area contributed by atoms with Crippen LogP contribution in [0.3, 0.4) is 0 Å². The second-order valence-electron chi connectivity index (χ2n) is 11.6. The fourth-order valence-electron chi connectivity index (χ4n) is 4.03. The molecular weight excluding hydrogens is 392 g/mol. The number of carbonyl (C=O) groups is 1. The first-order chi connectivity index (χ1) is 14.7. The zero-order chi connectivity index (χ0) is 24.7. The zero-order valence-electron chi connectivity index (χ0n) is 22.8. The Morgan fingerprint density at radius 2 is 1.81 bits per heavy atom. The Labute approximate surface area is 199 Å². The molecule has 0 spiro atoms. The molecule has 1 rings (SSSR count). The van der Waals surface area contributed by atoms with Gasteiger partial charge >= 0.3 is 0 Å². The molecule has 0 aliphatic heterocycles. The highest BCUT2D eigenvalue weighted by atomic mass is 16.1. The molecule has 0 fully saturated rings. The topological polar surface area (TPSA) is 32.7 Å². The van der Waals surface area contributed by atoms with Crippen molar-refractivity contribution in [1.82, 2.24) is 4.90 Å². The first kappa shape index (κ1) is 28.4. The first-order valence-electron chi connectivity index (χ1n) is 12.6. The maximum atomic E-state index is 11.8. The van der Waals surface area contributed by atoms with Crippen LogP contribution in [0.1, 0.15) is 95.4 Å². The smallest absolute Gasteiger partial charge is 0.137 e. The standard InChI is InChI=1S/C29H50N2O/c1-12-15-23(13-2)20-31(27(14-3)30-19-21(4)22(5)32)26-17-24(28(6,7)8)16-25(18-26)29(9,10)11/h12,15-17,19,21,23,25,27H,13-14,18,20H2,1-11H3/b15-12-,30-19-. The third-order valence-corrected chi connectivity index (χ3v) is 6.75. The van der Waals surface area contributed by atoms with Crippen LogP contribution in [0.25, 0.3) is 0 Å². The molecule has 0 saturated heterocycles. The van der Waals surface area contributed by atoms with Crippen molar-refractivity contribution in [3.63, 3.8) is 0 Å². The van der Waals surface area contributed by atoms with Gasteiger partial charge in [-0.05, 0) is 67.4 Å². The van der Waals surface area contributed by atoms with Crippen LogP contribution in [-0.4, -0.2) is 29.6 Å². The molecule has 0 N–H and O–H groups in total. The highest BCUT2D eigenvalue weighted by molar-refractivity contribution is 5.92. The number of rotatable bonds is 10. The largest absolute Gasteiger partial charge is 0.353 e. The van der Waals surface area contributed by atoms with Gasteiger partial charge in [-0.3, -0.25) is 9.79 Å². The van der Waals surface area contributed by atoms with Gasteiger partial charge in [-0.25, -0.2) is 0 Å². The van der Waals surface area contributed by atoms with E-state index in [1.54, 1.807) is 6.92 Å². The second kappa shape index (κ2) is 12.0. The van der Waals surface area contributed by atoms with Gasteiger partial charge in [0.2, 0.25) is 0 Å². The summed E-state index contributed by atoms with van der Waals surface area (Å²) in [6.45, 7) is 25.1. The summed E-state index contributed by atoms with van der Waals surface area (Å²) < 4.78 is 0. The van der Waals surface area contributed by atoms with Crippen LogP contribution in [0.2, 0.25) is 0 Å². The SMILES string of the molecule is C/C=C\C(CC)CN(C1=CC(C(C)(C)C)=CC(C(C)(C)C)C1)C(CC)/N=C\C(C)C(C)=O. The van der Waals surface area contributed by atoms with Crippen LogP contribution in [0.5, 0.6) is 0 Å². The lowest BCUT2D eigenvalue weighted by Crippen LogP contribution is -2.39. The van der Waals surface area contributed by atoms with E-state index in [0.29, 0.717) is 11.8 Å². The molecule has 0 bridgehead atoms. The Hall–Kier alpha value is -1.64. The van der Waals surface area contributed by atoms with E-state index in [1.165, 1.54) is 11.3 Å². The van der Waals surface area contributed by atoms with Crippen molar-refractivity contribution < 1.29 is 4.79 Å². The molecule has 0 aromatic rings. The Morgan fingerprint density at radius 1 is 1.19 bits per heavy atom. The molecular formula is C29H50N2O. The van der Waals surface area contributed by atoms with Crippen LogP contribution >= 0.6 is 0 Å². The summed E-state index contributed by atoms with van der Waals surface area (Å²) in [4.78, 5) is 19.3. The molecule has 1 aliphatic rings. The van der Waals surface area contributed by atoms with Crippen LogP contribution < -0.4 is 0 Å². The summed E-state index contributed by atoms with van der Waals surface area (Å²) >= 11 is 0. The van der Waals surface area contributed by atoms with Crippen molar-refractivity contribution in [1.29, 1.82) is 0 Å². The quantitative estimate of drug-likeness (QED) is 0.255. The first-order valence-corrected chi connectivity index (χ1v) is 12.6. The third kappa shape index (κ3) is 8.37. The van der Waals surface area contributed by atoms with E-state index in [1.807, 2.05) is 13.1 Å². The van der Waals surface area contributed by atoms with E-state index in [-0.39, 0.29) is 28.7 Å². The molecule has 182 valence electrons. The Bertz CT molecular complexity index is 727. The molecule has 0 heterocycles. The summed E-state index contributed by atoms with van der Waals surface area (Å²) in [7, 11) is 0. The average molecular weight is 443 g/mol. The minimum atomic E-state index is -0.142. The highest BCUT2D eigenvalue weighted by Gasteiger charge is 2.33. The number of allylic oxidation sites excluding steroid dienone is 5.